The fourth-order valence-electron chi connectivity index (χ4n) is 4.55. The normalized spacial score (nSPS) is 11.9. The number of aliphatic carboxylic acids is 1. The van der Waals surface area contributed by atoms with Crippen LogP contribution in [-0.4, -0.2) is 49.0 Å². The summed E-state index contributed by atoms with van der Waals surface area (Å²) in [5, 5.41) is 13.4. The Balaban J connectivity index is 1.05. The summed E-state index contributed by atoms with van der Waals surface area (Å²) < 4.78 is 41.8. The summed E-state index contributed by atoms with van der Waals surface area (Å²) in [4.78, 5) is 29.0. The van der Waals surface area contributed by atoms with E-state index in [4.69, 9.17) is 25.8 Å². The predicted octanol–water partition coefficient (Wildman–Crippen LogP) is 5.86. The Morgan fingerprint density at radius 3 is 2.17 bits per heavy atom. The van der Waals surface area contributed by atoms with Crippen LogP contribution in [0.1, 0.15) is 17.7 Å². The van der Waals surface area contributed by atoms with Crippen LogP contribution in [0.4, 0.5) is 0 Å². The summed E-state index contributed by atoms with van der Waals surface area (Å²) >= 11 is 5.84. The molecular formula is C35H31ClN2O8S. The molecule has 0 aliphatic carbocycles. The van der Waals surface area contributed by atoms with Crippen molar-refractivity contribution in [2.24, 2.45) is 0 Å². The van der Waals surface area contributed by atoms with Gasteiger partial charge in [-0.1, -0.05) is 48.0 Å². The molecule has 0 radical (unpaired) electrons. The van der Waals surface area contributed by atoms with Gasteiger partial charge in [0.25, 0.3) is 12.1 Å². The molecule has 0 aliphatic heterocycles. The number of ether oxygens (including phenoxy) is 3. The molecule has 242 valence electrons. The molecule has 0 saturated carbocycles. The number of hydrogen-bond acceptors (Lipinski definition) is 8. The lowest BCUT2D eigenvalue weighted by molar-refractivity contribution is -0.149. The lowest BCUT2D eigenvalue weighted by Gasteiger charge is -2.17. The SMILES string of the molecule is O=C(COc1ccc(OCc2ccc3ccccc3n2)cc1)NC(Oc1ccc(CCCS(=O)(=O)c2ccc(Cl)cc2)cc1)C(=O)O. The molecule has 0 spiro atoms. The minimum atomic E-state index is -3.44. The largest absolute Gasteiger partial charge is 0.487 e. The maximum Gasteiger partial charge on any atom is 0.366 e. The average Bonchev–Trinajstić information content (AvgIpc) is 3.07. The van der Waals surface area contributed by atoms with Crippen molar-refractivity contribution in [1.82, 2.24) is 10.3 Å². The molecule has 10 nitrogen and oxygen atoms in total. The number of pyridine rings is 1. The maximum atomic E-state index is 12.5. The number of amides is 1. The average molecular weight is 675 g/mol. The van der Waals surface area contributed by atoms with Gasteiger partial charge in [0.1, 0.15) is 23.9 Å². The number of nitrogens with zero attached hydrogens (tertiary/aromatic N) is 1. The number of fused-ring (bicyclic) bond motifs is 1. The first kappa shape index (κ1) is 33.2. The number of benzene rings is 4. The second-order valence-electron chi connectivity index (χ2n) is 10.5. The van der Waals surface area contributed by atoms with Crippen LogP contribution in [0.15, 0.2) is 114 Å². The summed E-state index contributed by atoms with van der Waals surface area (Å²) in [5.74, 6) is -0.934. The zero-order chi connectivity index (χ0) is 33.2. The number of carbonyl (C=O) groups is 2. The molecule has 2 N–H and O–H groups in total. The molecule has 5 rings (SSSR count). The molecule has 0 aliphatic rings. The van der Waals surface area contributed by atoms with E-state index in [-0.39, 0.29) is 23.0 Å². The molecule has 1 atom stereocenters. The van der Waals surface area contributed by atoms with Crippen LogP contribution < -0.4 is 19.5 Å². The van der Waals surface area contributed by atoms with Crippen LogP contribution in [-0.2, 0) is 32.5 Å². The molecular weight excluding hydrogens is 644 g/mol. The van der Waals surface area contributed by atoms with Gasteiger partial charge in [-0.05, 0) is 91.2 Å². The standard InChI is InChI=1S/C35H31ClN2O8S/c36-26-10-19-31(20-11-26)47(42,43)21-3-4-24-7-13-30(14-8-24)46-34(35(40)41)38-33(39)23-45-29-17-15-28(16-18-29)44-22-27-12-9-25-5-1-2-6-32(25)37-27/h1-2,5-20,34H,3-4,21-23H2,(H,38,39)(H,40,41). The van der Waals surface area contributed by atoms with Crippen LogP contribution in [0, 0.1) is 0 Å². The number of hydrogen-bond donors (Lipinski definition) is 2. The van der Waals surface area contributed by atoms with Crippen molar-refractivity contribution < 1.29 is 37.3 Å². The van der Waals surface area contributed by atoms with Gasteiger partial charge in [-0.3, -0.25) is 4.79 Å². The third kappa shape index (κ3) is 9.68. The Kier molecular flexibility index (Phi) is 10.9. The van der Waals surface area contributed by atoms with Gasteiger partial charge in [0.2, 0.25) is 0 Å². The van der Waals surface area contributed by atoms with E-state index in [1.165, 1.54) is 24.3 Å². The third-order valence-corrected chi connectivity index (χ3v) is 9.05. The zero-order valence-corrected chi connectivity index (χ0v) is 26.6. The van der Waals surface area contributed by atoms with Gasteiger partial charge >= 0.3 is 5.97 Å². The molecule has 1 aromatic heterocycles. The van der Waals surface area contributed by atoms with Gasteiger partial charge in [0, 0.05) is 10.4 Å². The number of rotatable bonds is 15. The van der Waals surface area contributed by atoms with E-state index >= 15 is 0 Å². The Hall–Kier alpha value is -5.13. The zero-order valence-electron chi connectivity index (χ0n) is 25.0. The second kappa shape index (κ2) is 15.4. The summed E-state index contributed by atoms with van der Waals surface area (Å²) in [7, 11) is -3.44. The number of sulfone groups is 1. The van der Waals surface area contributed by atoms with Crippen molar-refractivity contribution >= 4 is 44.2 Å². The van der Waals surface area contributed by atoms with Crippen LogP contribution in [0.3, 0.4) is 0 Å². The summed E-state index contributed by atoms with van der Waals surface area (Å²) in [6, 6.07) is 30.9. The number of carbonyl (C=O) groups excluding carboxylic acids is 1. The first-order valence-electron chi connectivity index (χ1n) is 14.6. The lowest BCUT2D eigenvalue weighted by atomic mass is 10.1. The first-order valence-corrected chi connectivity index (χ1v) is 16.6. The number of para-hydroxylation sites is 1. The number of halogens is 1. The highest BCUT2D eigenvalue weighted by Crippen LogP contribution is 2.21. The number of carboxylic acids is 1. The Labute approximate surface area is 276 Å². The number of carboxylic acid groups (broad SMARTS) is 1. The molecule has 0 saturated heterocycles. The van der Waals surface area contributed by atoms with E-state index in [0.717, 1.165) is 22.2 Å². The van der Waals surface area contributed by atoms with E-state index in [0.29, 0.717) is 29.4 Å². The van der Waals surface area contributed by atoms with Crippen LogP contribution in [0.2, 0.25) is 5.02 Å². The van der Waals surface area contributed by atoms with Gasteiger partial charge in [-0.25, -0.2) is 18.2 Å². The summed E-state index contributed by atoms with van der Waals surface area (Å²) in [6.07, 6.45) is -0.781. The number of aromatic nitrogens is 1. The molecule has 4 aromatic carbocycles. The molecule has 0 bridgehead atoms. The molecule has 47 heavy (non-hydrogen) atoms. The van der Waals surface area contributed by atoms with E-state index in [2.05, 4.69) is 10.3 Å². The van der Waals surface area contributed by atoms with Crippen LogP contribution >= 0.6 is 11.6 Å². The molecule has 1 unspecified atom stereocenters. The Morgan fingerprint density at radius 1 is 0.809 bits per heavy atom. The number of nitrogens with one attached hydrogen (secondary N) is 1. The third-order valence-electron chi connectivity index (χ3n) is 6.98. The van der Waals surface area contributed by atoms with E-state index in [1.54, 1.807) is 48.5 Å². The molecule has 1 heterocycles. The minimum Gasteiger partial charge on any atom is -0.487 e. The smallest absolute Gasteiger partial charge is 0.366 e. The maximum absolute atomic E-state index is 12.5. The summed E-state index contributed by atoms with van der Waals surface area (Å²) in [5.41, 5.74) is 2.51. The lowest BCUT2D eigenvalue weighted by Crippen LogP contribution is -2.46. The first-order chi connectivity index (χ1) is 22.6. The van der Waals surface area contributed by atoms with Gasteiger partial charge in [-0.2, -0.15) is 0 Å². The highest BCUT2D eigenvalue weighted by Gasteiger charge is 2.22. The monoisotopic (exact) mass is 674 g/mol. The van der Waals surface area contributed by atoms with E-state index in [1.807, 2.05) is 36.4 Å². The van der Waals surface area contributed by atoms with Crippen molar-refractivity contribution in [3.63, 3.8) is 0 Å². The van der Waals surface area contributed by atoms with Crippen LogP contribution in [0.5, 0.6) is 17.2 Å². The minimum absolute atomic E-state index is 0.0379. The summed E-state index contributed by atoms with van der Waals surface area (Å²) in [6.45, 7) is -0.158. The Bertz CT molecular complexity index is 1930. The van der Waals surface area contributed by atoms with Crippen molar-refractivity contribution in [2.45, 2.75) is 30.6 Å². The van der Waals surface area contributed by atoms with Crippen molar-refractivity contribution in [3.8, 4) is 17.2 Å². The predicted molar refractivity (Wildman–Crippen MR) is 176 cm³/mol. The fraction of sp³-hybridized carbons (Fsp3) is 0.171. The number of aryl methyl sites for hydroxylation is 1. The van der Waals surface area contributed by atoms with Gasteiger partial charge < -0.3 is 24.6 Å². The van der Waals surface area contributed by atoms with Gasteiger partial charge in [0.15, 0.2) is 16.4 Å². The fourth-order valence-corrected chi connectivity index (χ4v) is 5.99. The van der Waals surface area contributed by atoms with E-state index < -0.39 is 34.5 Å². The second-order valence-corrected chi connectivity index (χ2v) is 13.0. The topological polar surface area (TPSA) is 141 Å². The quantitative estimate of drug-likeness (QED) is 0.131. The van der Waals surface area contributed by atoms with E-state index in [9.17, 15) is 23.1 Å². The van der Waals surface area contributed by atoms with Gasteiger partial charge in [0.05, 0.1) is 21.9 Å². The van der Waals surface area contributed by atoms with Crippen molar-refractivity contribution in [1.29, 1.82) is 0 Å². The van der Waals surface area contributed by atoms with Crippen molar-refractivity contribution in [3.05, 3.63) is 125 Å². The highest BCUT2D eigenvalue weighted by atomic mass is 35.5. The molecule has 0 fully saturated rings. The molecule has 12 heteroatoms. The molecule has 5 aromatic rings. The van der Waals surface area contributed by atoms with Crippen molar-refractivity contribution in [2.75, 3.05) is 12.4 Å². The van der Waals surface area contributed by atoms with Gasteiger partial charge in [-0.15, -0.1) is 0 Å². The highest BCUT2D eigenvalue weighted by molar-refractivity contribution is 7.91. The van der Waals surface area contributed by atoms with Crippen LogP contribution in [0.25, 0.3) is 10.9 Å². The Morgan fingerprint density at radius 2 is 1.47 bits per heavy atom. The molecule has 1 amide bonds.